The van der Waals surface area contributed by atoms with Crippen LogP contribution in [0.1, 0.15) is 22.3 Å². The van der Waals surface area contributed by atoms with Crippen molar-refractivity contribution in [1.82, 2.24) is 0 Å². The maximum atomic E-state index is 12.3. The maximum absolute atomic E-state index is 12.3. The number of aryl methyl sites for hydroxylation is 1. The molecule has 1 unspecified atom stereocenters. The fourth-order valence-electron chi connectivity index (χ4n) is 4.24. The lowest BCUT2D eigenvalue weighted by atomic mass is 9.95. The molecule has 0 amide bonds. The third-order valence-corrected chi connectivity index (χ3v) is 6.23. The van der Waals surface area contributed by atoms with Crippen molar-refractivity contribution in [2.24, 2.45) is 0 Å². The third-order valence-electron chi connectivity index (χ3n) is 5.87. The first-order valence-corrected chi connectivity index (χ1v) is 11.2. The van der Waals surface area contributed by atoms with E-state index in [-0.39, 0.29) is 0 Å². The Labute approximate surface area is 204 Å². The van der Waals surface area contributed by atoms with E-state index >= 15 is 0 Å². The van der Waals surface area contributed by atoms with Gasteiger partial charge in [-0.2, -0.15) is 0 Å². The van der Waals surface area contributed by atoms with E-state index in [4.69, 9.17) is 25.9 Å². The normalized spacial score (nSPS) is 16.1. The van der Waals surface area contributed by atoms with Crippen LogP contribution in [0.4, 0.5) is 5.69 Å². The molecule has 0 bridgehead atoms. The molecular formula is C27H28ClNO5. The van der Waals surface area contributed by atoms with Gasteiger partial charge < -0.3 is 24.7 Å². The fraction of sp³-hybridized carbons (Fsp3) is 0.259. The maximum Gasteiger partial charge on any atom is 0.330 e. The summed E-state index contributed by atoms with van der Waals surface area (Å²) in [6, 6.07) is 19.3. The topological polar surface area (TPSA) is 84.9 Å². The van der Waals surface area contributed by atoms with Crippen LogP contribution in [0.5, 0.6) is 11.5 Å². The van der Waals surface area contributed by atoms with Crippen molar-refractivity contribution in [3.05, 3.63) is 87.9 Å². The standard InChI is InChI=1S/C26H26ClNO4.CH2O/c1-17-5-3-6-18(13-17)11-12-32-24-14-20(9-10-23(24)31-2)28-26(25(29)30)15-19-7-4-8-22(27)21(19)16-26;1-2/h3-10,13-14,28H,11-12,15-16H2,1-2H3,(H,29,30);1H2. The number of methoxy groups -OCH3 is 1. The molecule has 0 aromatic heterocycles. The summed E-state index contributed by atoms with van der Waals surface area (Å²) in [7, 11) is 1.59. The lowest BCUT2D eigenvalue weighted by Gasteiger charge is -2.27. The van der Waals surface area contributed by atoms with Gasteiger partial charge in [0.15, 0.2) is 11.5 Å². The first-order valence-electron chi connectivity index (χ1n) is 10.8. The SMILES string of the molecule is C=O.COc1ccc(NC2(C(=O)O)Cc3cccc(Cl)c3C2)cc1OCCc1cccc(C)c1. The minimum atomic E-state index is -1.17. The molecule has 0 aliphatic heterocycles. The van der Waals surface area contributed by atoms with Gasteiger partial charge in [0.25, 0.3) is 0 Å². The molecule has 7 heteroatoms. The van der Waals surface area contributed by atoms with Crippen molar-refractivity contribution in [2.45, 2.75) is 31.7 Å². The summed E-state index contributed by atoms with van der Waals surface area (Å²) in [6.07, 6.45) is 1.43. The van der Waals surface area contributed by atoms with Gasteiger partial charge in [0, 0.05) is 36.0 Å². The van der Waals surface area contributed by atoms with Crippen molar-refractivity contribution in [3.8, 4) is 11.5 Å². The van der Waals surface area contributed by atoms with Gasteiger partial charge in [-0.05, 0) is 41.8 Å². The lowest BCUT2D eigenvalue weighted by molar-refractivity contribution is -0.142. The average molecular weight is 482 g/mol. The van der Waals surface area contributed by atoms with Crippen LogP contribution in [0.15, 0.2) is 60.7 Å². The molecular weight excluding hydrogens is 454 g/mol. The van der Waals surface area contributed by atoms with Gasteiger partial charge in [-0.15, -0.1) is 0 Å². The van der Waals surface area contributed by atoms with E-state index in [0.717, 1.165) is 17.5 Å². The minimum Gasteiger partial charge on any atom is -0.493 e. The predicted molar refractivity (Wildman–Crippen MR) is 133 cm³/mol. The molecule has 0 heterocycles. The number of aliphatic carboxylic acids is 1. The van der Waals surface area contributed by atoms with Gasteiger partial charge in [0.1, 0.15) is 12.3 Å². The summed E-state index contributed by atoms with van der Waals surface area (Å²) in [5, 5.41) is 13.9. The Kier molecular flexibility index (Phi) is 8.18. The number of carbonyl (C=O) groups is 2. The number of anilines is 1. The highest BCUT2D eigenvalue weighted by Crippen LogP contribution is 2.38. The average Bonchev–Trinajstić information content (AvgIpc) is 3.22. The predicted octanol–water partition coefficient (Wildman–Crippen LogP) is 5.13. The van der Waals surface area contributed by atoms with E-state index in [1.165, 1.54) is 11.1 Å². The molecule has 0 saturated heterocycles. The van der Waals surface area contributed by atoms with Crippen LogP contribution in [-0.2, 0) is 28.9 Å². The van der Waals surface area contributed by atoms with Crippen LogP contribution >= 0.6 is 11.6 Å². The summed E-state index contributed by atoms with van der Waals surface area (Å²) in [5.41, 5.74) is 3.73. The quantitative estimate of drug-likeness (QED) is 0.464. The molecule has 0 fully saturated rings. The van der Waals surface area contributed by atoms with E-state index in [1.54, 1.807) is 25.3 Å². The van der Waals surface area contributed by atoms with Gasteiger partial charge in [-0.1, -0.05) is 53.6 Å². The van der Waals surface area contributed by atoms with Gasteiger partial charge >= 0.3 is 5.97 Å². The molecule has 6 nitrogen and oxygen atoms in total. The fourth-order valence-corrected chi connectivity index (χ4v) is 4.50. The smallest absolute Gasteiger partial charge is 0.330 e. The summed E-state index contributed by atoms with van der Waals surface area (Å²) < 4.78 is 11.5. The molecule has 4 rings (SSSR count). The zero-order chi connectivity index (χ0) is 24.7. The van der Waals surface area contributed by atoms with Gasteiger partial charge in [0.2, 0.25) is 0 Å². The summed E-state index contributed by atoms with van der Waals surface area (Å²) in [6.45, 7) is 4.55. The van der Waals surface area contributed by atoms with E-state index in [0.29, 0.717) is 41.7 Å². The van der Waals surface area contributed by atoms with Crippen LogP contribution in [0.25, 0.3) is 0 Å². The van der Waals surface area contributed by atoms with Gasteiger partial charge in [-0.3, -0.25) is 0 Å². The molecule has 34 heavy (non-hydrogen) atoms. The van der Waals surface area contributed by atoms with Gasteiger partial charge in [0.05, 0.1) is 13.7 Å². The lowest BCUT2D eigenvalue weighted by Crippen LogP contribution is -2.47. The second-order valence-electron chi connectivity index (χ2n) is 8.20. The Morgan fingerprint density at radius 2 is 1.85 bits per heavy atom. The number of halogens is 1. The molecule has 1 aliphatic rings. The number of ether oxygens (including phenoxy) is 2. The second kappa shape index (κ2) is 11.1. The van der Waals surface area contributed by atoms with Crippen molar-refractivity contribution >= 4 is 30.0 Å². The molecule has 178 valence electrons. The van der Waals surface area contributed by atoms with Crippen LogP contribution in [0.3, 0.4) is 0 Å². The zero-order valence-corrected chi connectivity index (χ0v) is 20.0. The van der Waals surface area contributed by atoms with Gasteiger partial charge in [-0.25, -0.2) is 4.79 Å². The number of hydrogen-bond acceptors (Lipinski definition) is 5. The van der Waals surface area contributed by atoms with Crippen LogP contribution in [-0.4, -0.2) is 37.1 Å². The largest absolute Gasteiger partial charge is 0.493 e. The number of nitrogens with one attached hydrogen (secondary N) is 1. The summed E-state index contributed by atoms with van der Waals surface area (Å²) in [4.78, 5) is 20.3. The molecule has 0 saturated carbocycles. The van der Waals surface area contributed by atoms with Crippen LogP contribution in [0, 0.1) is 6.92 Å². The molecule has 0 spiro atoms. The van der Waals surface area contributed by atoms with Crippen LogP contribution < -0.4 is 14.8 Å². The molecule has 1 atom stereocenters. The first kappa shape index (κ1) is 25.1. The zero-order valence-electron chi connectivity index (χ0n) is 19.3. The second-order valence-corrected chi connectivity index (χ2v) is 8.60. The number of fused-ring (bicyclic) bond motifs is 1. The van der Waals surface area contributed by atoms with Crippen molar-refractivity contribution in [1.29, 1.82) is 0 Å². The monoisotopic (exact) mass is 481 g/mol. The highest BCUT2D eigenvalue weighted by Gasteiger charge is 2.45. The number of benzene rings is 3. The Hall–Kier alpha value is -3.51. The van der Waals surface area contributed by atoms with E-state index in [9.17, 15) is 9.90 Å². The number of rotatable bonds is 8. The van der Waals surface area contributed by atoms with Crippen molar-refractivity contribution in [3.63, 3.8) is 0 Å². The Balaban J connectivity index is 0.00000158. The van der Waals surface area contributed by atoms with E-state index < -0.39 is 11.5 Å². The van der Waals surface area contributed by atoms with Crippen molar-refractivity contribution < 1.29 is 24.2 Å². The number of hydrogen-bond donors (Lipinski definition) is 2. The number of carboxylic acids is 1. The van der Waals surface area contributed by atoms with E-state index in [1.807, 2.05) is 31.1 Å². The van der Waals surface area contributed by atoms with E-state index in [2.05, 4.69) is 30.4 Å². The molecule has 1 aliphatic carbocycles. The highest BCUT2D eigenvalue weighted by atomic mass is 35.5. The summed E-state index contributed by atoms with van der Waals surface area (Å²) in [5.74, 6) is 0.253. The Bertz CT molecular complexity index is 1170. The Morgan fingerprint density at radius 3 is 2.53 bits per heavy atom. The number of carboxylic acid groups (broad SMARTS) is 1. The highest BCUT2D eigenvalue weighted by molar-refractivity contribution is 6.31. The molecule has 2 N–H and O–H groups in total. The third kappa shape index (κ3) is 5.51. The molecule has 0 radical (unpaired) electrons. The molecule has 3 aromatic carbocycles. The Morgan fingerprint density at radius 1 is 1.09 bits per heavy atom. The molecule has 3 aromatic rings. The first-order chi connectivity index (χ1) is 16.4. The van der Waals surface area contributed by atoms with Crippen molar-refractivity contribution in [2.75, 3.05) is 19.0 Å². The van der Waals surface area contributed by atoms with Crippen LogP contribution in [0.2, 0.25) is 5.02 Å². The number of carbonyl (C=O) groups excluding carboxylic acids is 1. The summed E-state index contributed by atoms with van der Waals surface area (Å²) >= 11 is 6.33. The minimum absolute atomic E-state index is 0.312.